The van der Waals surface area contributed by atoms with E-state index in [9.17, 15) is 9.59 Å². The Morgan fingerprint density at radius 2 is 1.58 bits per heavy atom. The smallest absolute Gasteiger partial charge is 0.354 e. The minimum atomic E-state index is -1.13. The molecular formula is C23H23N3O7. The number of carboxylic acids is 1. The minimum absolute atomic E-state index is 0.105. The monoisotopic (exact) mass is 453 g/mol. The fraction of sp³-hybridized carbons (Fsp3) is 0.174. The highest BCUT2D eigenvalue weighted by Gasteiger charge is 2.14. The lowest BCUT2D eigenvalue weighted by Crippen LogP contribution is -2.28. The number of urea groups is 1. The highest BCUT2D eigenvalue weighted by Crippen LogP contribution is 2.39. The average Bonchev–Trinajstić information content (AvgIpc) is 2.83. The lowest BCUT2D eigenvalue weighted by molar-refractivity contribution is 0.0690. The molecule has 0 saturated carbocycles. The van der Waals surface area contributed by atoms with E-state index in [1.165, 1.54) is 33.6 Å². The second kappa shape index (κ2) is 10.7. The Bertz CT molecular complexity index is 1110. The summed E-state index contributed by atoms with van der Waals surface area (Å²) in [5.41, 5.74) is 1.21. The van der Waals surface area contributed by atoms with Gasteiger partial charge < -0.3 is 34.7 Å². The number of hydrogen-bond donors (Lipinski definition) is 3. The molecule has 0 aliphatic carbocycles. The Morgan fingerprint density at radius 1 is 0.909 bits per heavy atom. The number of carbonyl (C=O) groups excluding carboxylic acids is 1. The summed E-state index contributed by atoms with van der Waals surface area (Å²) in [6, 6.07) is 12.7. The first-order chi connectivity index (χ1) is 15.9. The predicted octanol–water partition coefficient (Wildman–Crippen LogP) is 3.92. The van der Waals surface area contributed by atoms with Crippen LogP contribution in [0.1, 0.15) is 16.1 Å². The van der Waals surface area contributed by atoms with Gasteiger partial charge in [0, 0.05) is 30.9 Å². The first-order valence-corrected chi connectivity index (χ1v) is 9.74. The third kappa shape index (κ3) is 6.03. The molecule has 0 aliphatic rings. The van der Waals surface area contributed by atoms with E-state index >= 15 is 0 Å². The molecule has 10 heteroatoms. The van der Waals surface area contributed by atoms with Crippen molar-refractivity contribution in [1.82, 2.24) is 10.3 Å². The first-order valence-electron chi connectivity index (χ1n) is 9.74. The molecule has 0 fully saturated rings. The number of carboxylic acid groups (broad SMARTS) is 1. The molecule has 0 saturated heterocycles. The van der Waals surface area contributed by atoms with Gasteiger partial charge in [0.05, 0.1) is 27.0 Å². The second-order valence-corrected chi connectivity index (χ2v) is 6.65. The average molecular weight is 453 g/mol. The van der Waals surface area contributed by atoms with Gasteiger partial charge in [0.1, 0.15) is 11.5 Å². The van der Waals surface area contributed by atoms with Crippen LogP contribution in [0.4, 0.5) is 10.5 Å². The molecule has 3 aromatic rings. The number of aromatic nitrogens is 1. The zero-order valence-electron chi connectivity index (χ0n) is 18.2. The number of anilines is 1. The molecule has 1 heterocycles. The largest absolute Gasteiger partial charge is 0.493 e. The van der Waals surface area contributed by atoms with Crippen LogP contribution < -0.4 is 29.6 Å². The first kappa shape index (κ1) is 23.2. The summed E-state index contributed by atoms with van der Waals surface area (Å²) in [4.78, 5) is 27.1. The molecule has 3 N–H and O–H groups in total. The van der Waals surface area contributed by atoms with Crippen molar-refractivity contribution in [3.63, 3.8) is 0 Å². The summed E-state index contributed by atoms with van der Waals surface area (Å²) in [6.07, 6.45) is 1.36. The van der Waals surface area contributed by atoms with Crippen LogP contribution in [0.25, 0.3) is 0 Å². The van der Waals surface area contributed by atoms with E-state index in [1.807, 2.05) is 0 Å². The van der Waals surface area contributed by atoms with E-state index in [4.69, 9.17) is 24.1 Å². The zero-order valence-corrected chi connectivity index (χ0v) is 18.2. The van der Waals surface area contributed by atoms with Crippen LogP contribution in [0.2, 0.25) is 0 Å². The van der Waals surface area contributed by atoms with Crippen LogP contribution in [0.15, 0.2) is 54.7 Å². The molecule has 0 atom stereocenters. The number of carbonyl (C=O) groups is 2. The van der Waals surface area contributed by atoms with Gasteiger partial charge in [-0.2, -0.15) is 0 Å². The number of aromatic carboxylic acids is 1. The molecule has 1 aromatic heterocycles. The fourth-order valence-corrected chi connectivity index (χ4v) is 2.91. The third-order valence-electron chi connectivity index (χ3n) is 4.49. The Morgan fingerprint density at radius 3 is 2.15 bits per heavy atom. The van der Waals surface area contributed by atoms with E-state index < -0.39 is 12.0 Å². The minimum Gasteiger partial charge on any atom is -0.493 e. The number of methoxy groups -OCH3 is 3. The van der Waals surface area contributed by atoms with E-state index in [1.54, 1.807) is 42.5 Å². The van der Waals surface area contributed by atoms with Gasteiger partial charge in [-0.05, 0) is 23.8 Å². The summed E-state index contributed by atoms with van der Waals surface area (Å²) in [5.74, 6) is 1.02. The van der Waals surface area contributed by atoms with E-state index in [0.717, 1.165) is 5.56 Å². The number of pyridine rings is 1. The molecule has 0 radical (unpaired) electrons. The number of benzene rings is 2. The second-order valence-electron chi connectivity index (χ2n) is 6.65. The van der Waals surface area contributed by atoms with E-state index in [0.29, 0.717) is 34.4 Å². The van der Waals surface area contributed by atoms with Gasteiger partial charge in [0.15, 0.2) is 17.2 Å². The van der Waals surface area contributed by atoms with Crippen molar-refractivity contribution in [3.8, 4) is 28.7 Å². The molecule has 2 amide bonds. The fourth-order valence-electron chi connectivity index (χ4n) is 2.91. The highest BCUT2D eigenvalue weighted by atomic mass is 16.5. The van der Waals surface area contributed by atoms with E-state index in [-0.39, 0.29) is 12.2 Å². The quantitative estimate of drug-likeness (QED) is 0.445. The van der Waals surface area contributed by atoms with Crippen LogP contribution in [0, 0.1) is 0 Å². The SMILES string of the molecule is COc1cc(NC(=O)NCc2ccc(Oc3ccnc(C(=O)O)c3)cc2)cc(OC)c1OC. The van der Waals surface area contributed by atoms with Crippen molar-refractivity contribution >= 4 is 17.7 Å². The maximum absolute atomic E-state index is 12.3. The Kier molecular flexibility index (Phi) is 7.53. The van der Waals surface area contributed by atoms with Crippen molar-refractivity contribution in [2.45, 2.75) is 6.54 Å². The number of nitrogens with zero attached hydrogens (tertiary/aromatic N) is 1. The van der Waals surface area contributed by atoms with Gasteiger partial charge in [0.25, 0.3) is 0 Å². The van der Waals surface area contributed by atoms with Crippen LogP contribution in [-0.4, -0.2) is 43.4 Å². The van der Waals surface area contributed by atoms with Crippen LogP contribution in [0.3, 0.4) is 0 Å². The van der Waals surface area contributed by atoms with Crippen molar-refractivity contribution in [2.75, 3.05) is 26.6 Å². The number of nitrogens with one attached hydrogen (secondary N) is 2. The van der Waals surface area contributed by atoms with Crippen molar-refractivity contribution in [3.05, 3.63) is 66.0 Å². The third-order valence-corrected chi connectivity index (χ3v) is 4.49. The molecule has 33 heavy (non-hydrogen) atoms. The maximum atomic E-state index is 12.3. The highest BCUT2D eigenvalue weighted by molar-refractivity contribution is 5.90. The normalized spacial score (nSPS) is 10.2. The number of amides is 2. The van der Waals surface area contributed by atoms with Crippen molar-refractivity contribution < 1.29 is 33.6 Å². The molecule has 0 unspecified atom stereocenters. The summed E-state index contributed by atoms with van der Waals surface area (Å²) in [5, 5.41) is 14.5. The van der Waals surface area contributed by atoms with Gasteiger partial charge in [0.2, 0.25) is 5.75 Å². The Labute approximate surface area is 190 Å². The van der Waals surface area contributed by atoms with Crippen LogP contribution in [0.5, 0.6) is 28.7 Å². The number of ether oxygens (including phenoxy) is 4. The number of hydrogen-bond acceptors (Lipinski definition) is 7. The van der Waals surface area contributed by atoms with E-state index in [2.05, 4.69) is 15.6 Å². The summed E-state index contributed by atoms with van der Waals surface area (Å²) in [7, 11) is 4.49. The molecule has 172 valence electrons. The molecule has 10 nitrogen and oxygen atoms in total. The lowest BCUT2D eigenvalue weighted by atomic mass is 10.2. The molecule has 0 aliphatic heterocycles. The van der Waals surface area contributed by atoms with Gasteiger partial charge in [-0.1, -0.05) is 12.1 Å². The Hall–Kier alpha value is -4.47. The van der Waals surface area contributed by atoms with Crippen LogP contribution >= 0.6 is 0 Å². The maximum Gasteiger partial charge on any atom is 0.354 e. The van der Waals surface area contributed by atoms with Gasteiger partial charge in [-0.3, -0.25) is 0 Å². The zero-order chi connectivity index (χ0) is 23.8. The van der Waals surface area contributed by atoms with Crippen molar-refractivity contribution in [1.29, 1.82) is 0 Å². The van der Waals surface area contributed by atoms with Gasteiger partial charge in [-0.25, -0.2) is 14.6 Å². The lowest BCUT2D eigenvalue weighted by Gasteiger charge is -2.15. The molecule has 0 spiro atoms. The summed E-state index contributed by atoms with van der Waals surface area (Å²) >= 11 is 0. The standard InChI is InChI=1S/C23H23N3O7/c1-30-19-10-15(11-20(31-2)21(19)32-3)26-23(29)25-13-14-4-6-16(7-5-14)33-17-8-9-24-18(12-17)22(27)28/h4-12H,13H2,1-3H3,(H,27,28)(H2,25,26,29). The summed E-state index contributed by atoms with van der Waals surface area (Å²) in [6.45, 7) is 0.273. The molecule has 0 bridgehead atoms. The van der Waals surface area contributed by atoms with Crippen LogP contribution in [-0.2, 0) is 6.54 Å². The molecular weight excluding hydrogens is 430 g/mol. The molecule has 3 rings (SSSR count). The van der Waals surface area contributed by atoms with Gasteiger partial charge in [-0.15, -0.1) is 0 Å². The van der Waals surface area contributed by atoms with Gasteiger partial charge >= 0.3 is 12.0 Å². The number of rotatable bonds is 9. The predicted molar refractivity (Wildman–Crippen MR) is 120 cm³/mol. The topological polar surface area (TPSA) is 128 Å². The Balaban J connectivity index is 1.58. The molecule has 2 aromatic carbocycles. The summed E-state index contributed by atoms with van der Waals surface area (Å²) < 4.78 is 21.5. The van der Waals surface area contributed by atoms with Crippen molar-refractivity contribution in [2.24, 2.45) is 0 Å².